The molecule has 8 nitrogen and oxygen atoms in total. The van der Waals surface area contributed by atoms with E-state index >= 15 is 0 Å². The lowest BCUT2D eigenvalue weighted by atomic mass is 9.94. The third-order valence-electron chi connectivity index (χ3n) is 4.26. The monoisotopic (exact) mass is 344 g/mol. The molecule has 1 saturated heterocycles. The van der Waals surface area contributed by atoms with Crippen LogP contribution in [0, 0.1) is 0 Å². The second-order valence-electron chi connectivity index (χ2n) is 5.87. The van der Waals surface area contributed by atoms with Crippen molar-refractivity contribution in [3.05, 3.63) is 17.5 Å². The SMILES string of the molecule is COCCn1cc2c(n1)C(NS(=O)(=O)N1CCOCC1)CCC2. The highest BCUT2D eigenvalue weighted by molar-refractivity contribution is 7.87. The number of methoxy groups -OCH3 is 1. The minimum Gasteiger partial charge on any atom is -0.383 e. The van der Waals surface area contributed by atoms with E-state index in [0.29, 0.717) is 39.5 Å². The van der Waals surface area contributed by atoms with Crippen molar-refractivity contribution in [2.45, 2.75) is 31.8 Å². The maximum Gasteiger partial charge on any atom is 0.280 e. The molecule has 2 aliphatic rings. The lowest BCUT2D eigenvalue weighted by molar-refractivity contribution is 0.0722. The molecule has 1 aromatic rings. The predicted octanol–water partition coefficient (Wildman–Crippen LogP) is 0.0735. The number of nitrogens with one attached hydrogen (secondary N) is 1. The predicted molar refractivity (Wildman–Crippen MR) is 84.2 cm³/mol. The molecule has 1 aliphatic heterocycles. The van der Waals surface area contributed by atoms with E-state index in [0.717, 1.165) is 30.5 Å². The average molecular weight is 344 g/mol. The molecule has 1 N–H and O–H groups in total. The van der Waals surface area contributed by atoms with Gasteiger partial charge in [-0.25, -0.2) is 0 Å². The van der Waals surface area contributed by atoms with Gasteiger partial charge in [0.2, 0.25) is 0 Å². The van der Waals surface area contributed by atoms with Gasteiger partial charge in [0.1, 0.15) is 0 Å². The summed E-state index contributed by atoms with van der Waals surface area (Å²) in [5.74, 6) is 0. The number of aryl methyl sites for hydroxylation is 1. The number of nitrogens with zero attached hydrogens (tertiary/aromatic N) is 3. The van der Waals surface area contributed by atoms with Crippen LogP contribution in [0.25, 0.3) is 0 Å². The van der Waals surface area contributed by atoms with Crippen LogP contribution in [0.15, 0.2) is 6.20 Å². The van der Waals surface area contributed by atoms with Crippen molar-refractivity contribution in [1.29, 1.82) is 0 Å². The Balaban J connectivity index is 1.73. The Kier molecular flexibility index (Phi) is 5.32. The standard InChI is InChI=1S/C14H24N4O4S/c1-21-8-5-17-11-12-3-2-4-13(14(12)15-17)16-23(19,20)18-6-9-22-10-7-18/h11,13,16H,2-10H2,1H3. The first kappa shape index (κ1) is 16.8. The third kappa shape index (κ3) is 3.92. The number of aromatic nitrogens is 2. The number of fused-ring (bicyclic) bond motifs is 1. The van der Waals surface area contributed by atoms with E-state index in [4.69, 9.17) is 9.47 Å². The summed E-state index contributed by atoms with van der Waals surface area (Å²) in [5.41, 5.74) is 1.98. The van der Waals surface area contributed by atoms with E-state index in [1.807, 2.05) is 10.9 Å². The van der Waals surface area contributed by atoms with Crippen LogP contribution in [0.5, 0.6) is 0 Å². The van der Waals surface area contributed by atoms with Gasteiger partial charge in [0.05, 0.1) is 38.1 Å². The van der Waals surface area contributed by atoms with Crippen LogP contribution in [-0.4, -0.2) is 62.5 Å². The van der Waals surface area contributed by atoms with Crippen molar-refractivity contribution in [2.24, 2.45) is 0 Å². The van der Waals surface area contributed by atoms with E-state index < -0.39 is 10.2 Å². The second kappa shape index (κ2) is 7.27. The van der Waals surface area contributed by atoms with E-state index in [9.17, 15) is 8.42 Å². The van der Waals surface area contributed by atoms with Crippen molar-refractivity contribution in [1.82, 2.24) is 18.8 Å². The minimum absolute atomic E-state index is 0.254. The smallest absolute Gasteiger partial charge is 0.280 e. The number of morpholine rings is 1. The van der Waals surface area contributed by atoms with E-state index in [-0.39, 0.29) is 6.04 Å². The van der Waals surface area contributed by atoms with E-state index in [1.165, 1.54) is 4.31 Å². The second-order valence-corrected chi connectivity index (χ2v) is 7.58. The van der Waals surface area contributed by atoms with Crippen LogP contribution in [0.1, 0.15) is 30.1 Å². The molecule has 1 aromatic heterocycles. The Hall–Kier alpha value is -1.00. The molecule has 1 atom stereocenters. The lowest BCUT2D eigenvalue weighted by Crippen LogP contribution is -2.48. The summed E-state index contributed by atoms with van der Waals surface area (Å²) in [6.07, 6.45) is 4.68. The average Bonchev–Trinajstić information content (AvgIpc) is 2.98. The molecule has 23 heavy (non-hydrogen) atoms. The van der Waals surface area contributed by atoms with Gasteiger partial charge >= 0.3 is 0 Å². The van der Waals surface area contributed by atoms with Gasteiger partial charge in [0.25, 0.3) is 10.2 Å². The molecule has 1 unspecified atom stereocenters. The van der Waals surface area contributed by atoms with Crippen molar-refractivity contribution in [3.8, 4) is 0 Å². The first-order valence-electron chi connectivity index (χ1n) is 8.00. The number of hydrogen-bond acceptors (Lipinski definition) is 5. The van der Waals surface area contributed by atoms with Gasteiger partial charge in [0.15, 0.2) is 0 Å². The van der Waals surface area contributed by atoms with Crippen LogP contribution in [0.4, 0.5) is 0 Å². The summed E-state index contributed by atoms with van der Waals surface area (Å²) in [7, 11) is -1.85. The molecule has 0 bridgehead atoms. The Bertz CT molecular complexity index is 625. The zero-order chi connectivity index (χ0) is 16.3. The Labute approximate surface area is 136 Å². The molecule has 1 aliphatic carbocycles. The summed E-state index contributed by atoms with van der Waals surface area (Å²) < 4.78 is 41.5. The molecule has 2 heterocycles. The maximum absolute atomic E-state index is 12.5. The van der Waals surface area contributed by atoms with E-state index in [2.05, 4.69) is 9.82 Å². The highest BCUT2D eigenvalue weighted by Crippen LogP contribution is 2.29. The molecular formula is C14H24N4O4S. The molecule has 9 heteroatoms. The Morgan fingerprint density at radius 2 is 2.22 bits per heavy atom. The van der Waals surface area contributed by atoms with Crippen LogP contribution < -0.4 is 4.72 Å². The first-order valence-corrected chi connectivity index (χ1v) is 9.44. The molecule has 1 fully saturated rings. The van der Waals surface area contributed by atoms with Gasteiger partial charge in [-0.1, -0.05) is 0 Å². The molecular weight excluding hydrogens is 320 g/mol. The quantitative estimate of drug-likeness (QED) is 0.789. The van der Waals surface area contributed by atoms with Crippen LogP contribution in [0.3, 0.4) is 0 Å². The molecule has 3 rings (SSSR count). The number of hydrogen-bond donors (Lipinski definition) is 1. The van der Waals surface area contributed by atoms with Crippen LogP contribution in [0.2, 0.25) is 0 Å². The highest BCUT2D eigenvalue weighted by Gasteiger charge is 2.31. The summed E-state index contributed by atoms with van der Waals surface area (Å²) in [6.45, 7) is 2.95. The van der Waals surface area contributed by atoms with Crippen molar-refractivity contribution < 1.29 is 17.9 Å². The molecule has 0 aromatic carbocycles. The minimum atomic E-state index is -3.50. The number of ether oxygens (including phenoxy) is 2. The molecule has 130 valence electrons. The molecule has 0 saturated carbocycles. The summed E-state index contributed by atoms with van der Waals surface area (Å²) in [6, 6.07) is -0.254. The zero-order valence-corrected chi connectivity index (χ0v) is 14.2. The fraction of sp³-hybridized carbons (Fsp3) is 0.786. The third-order valence-corrected chi connectivity index (χ3v) is 5.89. The van der Waals surface area contributed by atoms with Crippen molar-refractivity contribution >= 4 is 10.2 Å². The van der Waals surface area contributed by atoms with Gasteiger partial charge in [-0.2, -0.15) is 22.5 Å². The summed E-state index contributed by atoms with van der Waals surface area (Å²) >= 11 is 0. The van der Waals surface area contributed by atoms with Gasteiger partial charge in [-0.15, -0.1) is 0 Å². The molecule has 0 amide bonds. The molecule has 0 radical (unpaired) electrons. The lowest BCUT2D eigenvalue weighted by Gasteiger charge is -2.29. The van der Waals surface area contributed by atoms with Crippen LogP contribution >= 0.6 is 0 Å². The Morgan fingerprint density at radius 1 is 1.43 bits per heavy atom. The zero-order valence-electron chi connectivity index (χ0n) is 13.4. The fourth-order valence-corrected chi connectivity index (χ4v) is 4.42. The fourth-order valence-electron chi connectivity index (χ4n) is 3.05. The van der Waals surface area contributed by atoms with Gasteiger partial charge < -0.3 is 9.47 Å². The largest absolute Gasteiger partial charge is 0.383 e. The highest BCUT2D eigenvalue weighted by atomic mass is 32.2. The Morgan fingerprint density at radius 3 is 2.96 bits per heavy atom. The van der Waals surface area contributed by atoms with Gasteiger partial charge in [-0.3, -0.25) is 4.68 Å². The van der Waals surface area contributed by atoms with Gasteiger partial charge in [0, 0.05) is 26.4 Å². The van der Waals surface area contributed by atoms with Crippen molar-refractivity contribution in [3.63, 3.8) is 0 Å². The van der Waals surface area contributed by atoms with Gasteiger partial charge in [-0.05, 0) is 24.8 Å². The summed E-state index contributed by atoms with van der Waals surface area (Å²) in [5, 5.41) is 4.57. The maximum atomic E-state index is 12.5. The summed E-state index contributed by atoms with van der Waals surface area (Å²) in [4.78, 5) is 0. The number of rotatable bonds is 6. The van der Waals surface area contributed by atoms with Crippen molar-refractivity contribution in [2.75, 3.05) is 40.0 Å². The first-order chi connectivity index (χ1) is 11.1. The van der Waals surface area contributed by atoms with Crippen LogP contribution in [-0.2, 0) is 32.6 Å². The van der Waals surface area contributed by atoms with E-state index in [1.54, 1.807) is 7.11 Å². The normalized spacial score (nSPS) is 22.9. The molecule has 0 spiro atoms. The topological polar surface area (TPSA) is 85.7 Å².